The number of nitriles is 1. The van der Waals surface area contributed by atoms with Gasteiger partial charge >= 0.3 is 0 Å². The standard InChI is InChI=1S/C17H16N4O5S2/c18-11-13-3-1-5-15(9-13)27(23,24)20-14-4-2-6-16(10-14)28(25,26)21-8-7-19-17(22)12-21/h1-6,9-10,20H,7-8,12H2,(H,19,22). The fraction of sp³-hybridized carbons (Fsp3) is 0.176. The normalized spacial score (nSPS) is 15.5. The van der Waals surface area contributed by atoms with E-state index in [1.165, 1.54) is 48.5 Å². The molecular weight excluding hydrogens is 404 g/mol. The summed E-state index contributed by atoms with van der Waals surface area (Å²) in [5.74, 6) is -0.399. The van der Waals surface area contributed by atoms with Crippen LogP contribution < -0.4 is 10.0 Å². The molecule has 0 atom stereocenters. The first-order chi connectivity index (χ1) is 13.2. The summed E-state index contributed by atoms with van der Waals surface area (Å²) in [7, 11) is -7.97. The summed E-state index contributed by atoms with van der Waals surface area (Å²) in [4.78, 5) is 11.2. The number of carbonyl (C=O) groups excluding carboxylic acids is 1. The number of sulfonamides is 2. The Bertz CT molecular complexity index is 1170. The molecule has 0 radical (unpaired) electrons. The summed E-state index contributed by atoms with van der Waals surface area (Å²) < 4.78 is 53.9. The van der Waals surface area contributed by atoms with Crippen molar-refractivity contribution in [3.8, 4) is 6.07 Å². The van der Waals surface area contributed by atoms with E-state index in [0.29, 0.717) is 0 Å². The van der Waals surface area contributed by atoms with Crippen LogP contribution in [0.1, 0.15) is 5.56 Å². The van der Waals surface area contributed by atoms with E-state index >= 15 is 0 Å². The molecule has 1 heterocycles. The van der Waals surface area contributed by atoms with Gasteiger partial charge in [0.05, 0.1) is 33.7 Å². The molecule has 1 fully saturated rings. The maximum absolute atomic E-state index is 12.7. The molecule has 9 nitrogen and oxygen atoms in total. The number of nitrogens with zero attached hydrogens (tertiary/aromatic N) is 2. The van der Waals surface area contributed by atoms with E-state index < -0.39 is 26.0 Å². The fourth-order valence-corrected chi connectivity index (χ4v) is 5.17. The van der Waals surface area contributed by atoms with Crippen molar-refractivity contribution in [2.24, 2.45) is 0 Å². The predicted octanol–water partition coefficient (Wildman–Crippen LogP) is 0.480. The summed E-state index contributed by atoms with van der Waals surface area (Å²) in [6, 6.07) is 12.7. The molecule has 0 aromatic heterocycles. The Morgan fingerprint density at radius 3 is 2.46 bits per heavy atom. The van der Waals surface area contributed by atoms with Crippen molar-refractivity contribution in [3.63, 3.8) is 0 Å². The van der Waals surface area contributed by atoms with E-state index in [9.17, 15) is 21.6 Å². The number of nitrogens with one attached hydrogen (secondary N) is 2. The van der Waals surface area contributed by atoms with Crippen molar-refractivity contribution in [2.75, 3.05) is 24.4 Å². The minimum Gasteiger partial charge on any atom is -0.354 e. The van der Waals surface area contributed by atoms with E-state index in [0.717, 1.165) is 4.31 Å². The van der Waals surface area contributed by atoms with Gasteiger partial charge in [0.2, 0.25) is 15.9 Å². The number of amides is 1. The molecule has 1 aliphatic rings. The maximum Gasteiger partial charge on any atom is 0.261 e. The van der Waals surface area contributed by atoms with Crippen LogP contribution >= 0.6 is 0 Å². The van der Waals surface area contributed by atoms with Gasteiger partial charge in [0.1, 0.15) is 0 Å². The van der Waals surface area contributed by atoms with Crippen LogP contribution in [0, 0.1) is 11.3 Å². The average molecular weight is 420 g/mol. The second-order valence-electron chi connectivity index (χ2n) is 5.96. The summed E-state index contributed by atoms with van der Waals surface area (Å²) in [5.41, 5.74) is 0.229. The smallest absolute Gasteiger partial charge is 0.261 e. The number of benzene rings is 2. The molecule has 2 N–H and O–H groups in total. The topological polar surface area (TPSA) is 136 Å². The zero-order valence-corrected chi connectivity index (χ0v) is 16.1. The van der Waals surface area contributed by atoms with Gasteiger partial charge < -0.3 is 5.32 Å². The molecule has 2 aromatic rings. The molecule has 1 saturated heterocycles. The first kappa shape index (κ1) is 19.8. The number of hydrogen-bond donors (Lipinski definition) is 2. The molecule has 2 aromatic carbocycles. The Kier molecular flexibility index (Phi) is 5.37. The zero-order chi connectivity index (χ0) is 20.4. The van der Waals surface area contributed by atoms with Gasteiger partial charge in [0.15, 0.2) is 0 Å². The van der Waals surface area contributed by atoms with E-state index in [1.807, 2.05) is 6.07 Å². The van der Waals surface area contributed by atoms with Crippen LogP contribution in [0.3, 0.4) is 0 Å². The van der Waals surface area contributed by atoms with Crippen LogP contribution in [0.2, 0.25) is 0 Å². The third kappa shape index (κ3) is 4.14. The van der Waals surface area contributed by atoms with E-state index in [1.54, 1.807) is 0 Å². The summed E-state index contributed by atoms with van der Waals surface area (Å²) >= 11 is 0. The average Bonchev–Trinajstić information content (AvgIpc) is 2.68. The molecule has 0 bridgehead atoms. The number of piperazine rings is 1. The zero-order valence-electron chi connectivity index (χ0n) is 14.5. The Balaban J connectivity index is 1.89. The largest absolute Gasteiger partial charge is 0.354 e. The molecule has 3 rings (SSSR count). The molecule has 1 amide bonds. The quantitative estimate of drug-likeness (QED) is 0.722. The third-order valence-electron chi connectivity index (χ3n) is 4.00. The highest BCUT2D eigenvalue weighted by Crippen LogP contribution is 2.22. The molecular formula is C17H16N4O5S2. The fourth-order valence-electron chi connectivity index (χ4n) is 2.64. The van der Waals surface area contributed by atoms with Crippen molar-refractivity contribution in [1.82, 2.24) is 9.62 Å². The SMILES string of the molecule is N#Cc1cccc(S(=O)(=O)Nc2cccc(S(=O)(=O)N3CCNC(=O)C3)c2)c1. The van der Waals surface area contributed by atoms with Crippen LogP contribution in [0.4, 0.5) is 5.69 Å². The molecule has 11 heteroatoms. The monoisotopic (exact) mass is 420 g/mol. The minimum absolute atomic E-state index is 0.0462. The second-order valence-corrected chi connectivity index (χ2v) is 9.58. The Morgan fingerprint density at radius 2 is 1.75 bits per heavy atom. The van der Waals surface area contributed by atoms with Gasteiger partial charge in [-0.05, 0) is 36.4 Å². The summed E-state index contributed by atoms with van der Waals surface area (Å²) in [6.45, 7) is 0.0455. The van der Waals surface area contributed by atoms with Crippen LogP contribution in [0.5, 0.6) is 0 Å². The van der Waals surface area contributed by atoms with E-state index in [-0.39, 0.29) is 40.7 Å². The molecule has 28 heavy (non-hydrogen) atoms. The minimum atomic E-state index is -4.02. The Hall–Kier alpha value is -2.94. The molecule has 146 valence electrons. The highest BCUT2D eigenvalue weighted by Gasteiger charge is 2.29. The highest BCUT2D eigenvalue weighted by molar-refractivity contribution is 7.92. The van der Waals surface area contributed by atoms with Crippen molar-refractivity contribution in [2.45, 2.75) is 9.79 Å². The van der Waals surface area contributed by atoms with Gasteiger partial charge in [-0.1, -0.05) is 12.1 Å². The lowest BCUT2D eigenvalue weighted by Crippen LogP contribution is -2.49. The van der Waals surface area contributed by atoms with Gasteiger partial charge in [0.25, 0.3) is 10.0 Å². The molecule has 0 aliphatic carbocycles. The van der Waals surface area contributed by atoms with Gasteiger partial charge in [-0.25, -0.2) is 16.8 Å². The van der Waals surface area contributed by atoms with Crippen molar-refractivity contribution in [3.05, 3.63) is 54.1 Å². The maximum atomic E-state index is 12.7. The predicted molar refractivity (Wildman–Crippen MR) is 100 cm³/mol. The lowest BCUT2D eigenvalue weighted by Gasteiger charge is -2.26. The molecule has 0 unspecified atom stereocenters. The van der Waals surface area contributed by atoms with Crippen LogP contribution in [0.25, 0.3) is 0 Å². The Labute approximate surface area is 162 Å². The lowest BCUT2D eigenvalue weighted by molar-refractivity contribution is -0.122. The number of hydrogen-bond acceptors (Lipinski definition) is 6. The van der Waals surface area contributed by atoms with Crippen LogP contribution in [0.15, 0.2) is 58.3 Å². The van der Waals surface area contributed by atoms with Crippen molar-refractivity contribution >= 4 is 31.6 Å². The molecule has 1 aliphatic heterocycles. The highest BCUT2D eigenvalue weighted by atomic mass is 32.2. The van der Waals surface area contributed by atoms with Crippen molar-refractivity contribution < 1.29 is 21.6 Å². The van der Waals surface area contributed by atoms with Crippen molar-refractivity contribution in [1.29, 1.82) is 5.26 Å². The molecule has 0 saturated carbocycles. The number of carbonyl (C=O) groups is 1. The second kappa shape index (κ2) is 7.59. The van der Waals surface area contributed by atoms with Gasteiger partial charge in [-0.15, -0.1) is 0 Å². The lowest BCUT2D eigenvalue weighted by atomic mass is 10.2. The summed E-state index contributed by atoms with van der Waals surface area (Å²) in [5, 5.41) is 11.5. The first-order valence-corrected chi connectivity index (χ1v) is 11.0. The van der Waals surface area contributed by atoms with E-state index in [2.05, 4.69) is 10.0 Å². The third-order valence-corrected chi connectivity index (χ3v) is 7.22. The Morgan fingerprint density at radius 1 is 1.04 bits per heavy atom. The van der Waals surface area contributed by atoms with Gasteiger partial charge in [-0.3, -0.25) is 9.52 Å². The summed E-state index contributed by atoms with van der Waals surface area (Å²) in [6.07, 6.45) is 0. The van der Waals surface area contributed by atoms with Gasteiger partial charge in [-0.2, -0.15) is 9.57 Å². The van der Waals surface area contributed by atoms with Gasteiger partial charge in [0, 0.05) is 13.1 Å². The van der Waals surface area contributed by atoms with Crippen LogP contribution in [-0.2, 0) is 24.8 Å². The number of anilines is 1. The molecule has 0 spiro atoms. The number of rotatable bonds is 5. The van der Waals surface area contributed by atoms with E-state index in [4.69, 9.17) is 5.26 Å². The first-order valence-electron chi connectivity index (χ1n) is 8.12. The van der Waals surface area contributed by atoms with Crippen LogP contribution in [-0.4, -0.2) is 46.7 Å².